The molecular formula is C15H22N2O4. The molecule has 2 amide bonds. The highest BCUT2D eigenvalue weighted by molar-refractivity contribution is 5.75. The molecule has 116 valence electrons. The number of carbonyl (C=O) groups is 2. The fourth-order valence-corrected chi connectivity index (χ4v) is 1.90. The van der Waals surface area contributed by atoms with Crippen LogP contribution in [0.2, 0.25) is 0 Å². The minimum Gasteiger partial charge on any atom is -0.481 e. The molecule has 0 aliphatic heterocycles. The van der Waals surface area contributed by atoms with Crippen molar-refractivity contribution < 1.29 is 19.4 Å². The smallest absolute Gasteiger partial charge is 0.317 e. The average Bonchev–Trinajstić information content (AvgIpc) is 2.46. The summed E-state index contributed by atoms with van der Waals surface area (Å²) in [5.41, 5.74) is 1.99. The lowest BCUT2D eigenvalue weighted by atomic mass is 10.1. The number of hydrogen-bond acceptors (Lipinski definition) is 3. The molecule has 0 aliphatic rings. The van der Waals surface area contributed by atoms with E-state index in [9.17, 15) is 9.59 Å². The van der Waals surface area contributed by atoms with Gasteiger partial charge >= 0.3 is 12.0 Å². The molecule has 0 aliphatic carbocycles. The molecule has 1 aromatic carbocycles. The van der Waals surface area contributed by atoms with Crippen LogP contribution in [0.1, 0.15) is 18.1 Å². The van der Waals surface area contributed by atoms with Gasteiger partial charge in [-0.3, -0.25) is 4.79 Å². The van der Waals surface area contributed by atoms with Crippen molar-refractivity contribution in [2.24, 2.45) is 5.92 Å². The van der Waals surface area contributed by atoms with Crippen LogP contribution in [0.5, 0.6) is 0 Å². The zero-order valence-electron chi connectivity index (χ0n) is 12.6. The Balaban J connectivity index is 2.54. The lowest BCUT2D eigenvalue weighted by Gasteiger charge is -2.20. The summed E-state index contributed by atoms with van der Waals surface area (Å²) in [6, 6.07) is 7.39. The van der Waals surface area contributed by atoms with E-state index < -0.39 is 11.9 Å². The van der Waals surface area contributed by atoms with Crippen LogP contribution < -0.4 is 5.32 Å². The average molecular weight is 294 g/mol. The van der Waals surface area contributed by atoms with Gasteiger partial charge in [-0.25, -0.2) is 4.79 Å². The minimum absolute atomic E-state index is 0.168. The van der Waals surface area contributed by atoms with Crippen molar-refractivity contribution in [3.63, 3.8) is 0 Å². The van der Waals surface area contributed by atoms with E-state index in [0.29, 0.717) is 13.2 Å². The summed E-state index contributed by atoms with van der Waals surface area (Å²) in [6.45, 7) is 2.60. The van der Waals surface area contributed by atoms with Gasteiger partial charge in [0.1, 0.15) is 0 Å². The van der Waals surface area contributed by atoms with E-state index in [4.69, 9.17) is 9.84 Å². The third kappa shape index (κ3) is 5.43. The van der Waals surface area contributed by atoms with Crippen LogP contribution in [0.3, 0.4) is 0 Å². The van der Waals surface area contributed by atoms with Crippen LogP contribution in [-0.2, 0) is 22.7 Å². The van der Waals surface area contributed by atoms with Crippen LogP contribution in [0.25, 0.3) is 0 Å². The van der Waals surface area contributed by atoms with Gasteiger partial charge in [-0.05, 0) is 11.1 Å². The Morgan fingerprint density at radius 2 is 1.95 bits per heavy atom. The van der Waals surface area contributed by atoms with Gasteiger partial charge < -0.3 is 20.1 Å². The van der Waals surface area contributed by atoms with Crippen LogP contribution >= 0.6 is 0 Å². The maximum Gasteiger partial charge on any atom is 0.317 e. The number of urea groups is 1. The number of benzene rings is 1. The third-order valence-electron chi connectivity index (χ3n) is 3.16. The Hall–Kier alpha value is -2.08. The summed E-state index contributed by atoms with van der Waals surface area (Å²) in [5, 5.41) is 11.6. The SMILES string of the molecule is COCc1ccccc1CNC(=O)N(C)CC(C)C(=O)O. The number of methoxy groups -OCH3 is 1. The first-order valence-electron chi connectivity index (χ1n) is 6.73. The molecule has 0 heterocycles. The number of carboxylic acids is 1. The number of hydrogen-bond donors (Lipinski definition) is 2. The number of ether oxygens (including phenoxy) is 1. The van der Waals surface area contributed by atoms with Gasteiger partial charge in [-0.2, -0.15) is 0 Å². The van der Waals surface area contributed by atoms with Crippen molar-refractivity contribution in [3.8, 4) is 0 Å². The molecular weight excluding hydrogens is 272 g/mol. The van der Waals surface area contributed by atoms with Gasteiger partial charge in [0.25, 0.3) is 0 Å². The van der Waals surface area contributed by atoms with Crippen molar-refractivity contribution in [1.29, 1.82) is 0 Å². The zero-order chi connectivity index (χ0) is 15.8. The van der Waals surface area contributed by atoms with Gasteiger partial charge in [0.15, 0.2) is 0 Å². The number of carboxylic acid groups (broad SMARTS) is 1. The predicted octanol–water partition coefficient (Wildman–Crippen LogP) is 1.70. The highest BCUT2D eigenvalue weighted by atomic mass is 16.5. The highest BCUT2D eigenvalue weighted by Gasteiger charge is 2.17. The first kappa shape index (κ1) is 17.0. The maximum atomic E-state index is 11.9. The molecule has 1 unspecified atom stereocenters. The van der Waals surface area contributed by atoms with E-state index in [-0.39, 0.29) is 12.6 Å². The number of carbonyl (C=O) groups excluding carboxylic acids is 1. The maximum absolute atomic E-state index is 11.9. The van der Waals surface area contributed by atoms with Gasteiger partial charge in [-0.15, -0.1) is 0 Å². The summed E-state index contributed by atoms with van der Waals surface area (Å²) in [7, 11) is 3.20. The fourth-order valence-electron chi connectivity index (χ4n) is 1.90. The molecule has 0 bridgehead atoms. The van der Waals surface area contributed by atoms with Crippen LogP contribution in [0, 0.1) is 5.92 Å². The van der Waals surface area contributed by atoms with Gasteiger partial charge in [0, 0.05) is 27.2 Å². The van der Waals surface area contributed by atoms with Crippen molar-refractivity contribution >= 4 is 12.0 Å². The van der Waals surface area contributed by atoms with E-state index in [2.05, 4.69) is 5.32 Å². The van der Waals surface area contributed by atoms with Crippen molar-refractivity contribution in [3.05, 3.63) is 35.4 Å². The molecule has 0 spiro atoms. The standard InChI is InChI=1S/C15H22N2O4/c1-11(14(18)19)9-17(2)15(20)16-8-12-6-4-5-7-13(12)10-21-3/h4-7,11H,8-10H2,1-3H3,(H,16,20)(H,18,19). The van der Waals surface area contributed by atoms with Crippen LogP contribution in [-0.4, -0.2) is 42.7 Å². The number of nitrogens with zero attached hydrogens (tertiary/aromatic N) is 1. The van der Waals surface area contributed by atoms with Crippen molar-refractivity contribution in [1.82, 2.24) is 10.2 Å². The fraction of sp³-hybridized carbons (Fsp3) is 0.467. The molecule has 1 aromatic rings. The first-order valence-corrected chi connectivity index (χ1v) is 6.73. The summed E-state index contributed by atoms with van der Waals surface area (Å²) in [6.07, 6.45) is 0. The van der Waals surface area contributed by atoms with E-state index in [1.807, 2.05) is 24.3 Å². The predicted molar refractivity (Wildman–Crippen MR) is 78.8 cm³/mol. The number of nitrogens with one attached hydrogen (secondary N) is 1. The molecule has 6 heteroatoms. The first-order chi connectivity index (χ1) is 9.95. The monoisotopic (exact) mass is 294 g/mol. The topological polar surface area (TPSA) is 78.9 Å². The Kier molecular flexibility index (Phi) is 6.68. The molecule has 1 atom stereocenters. The Morgan fingerprint density at radius 1 is 1.33 bits per heavy atom. The molecule has 1 rings (SSSR count). The third-order valence-corrected chi connectivity index (χ3v) is 3.16. The summed E-state index contributed by atoms with van der Waals surface area (Å²) >= 11 is 0. The Bertz CT molecular complexity index is 490. The van der Waals surface area contributed by atoms with Gasteiger partial charge in [0.05, 0.1) is 12.5 Å². The summed E-state index contributed by atoms with van der Waals surface area (Å²) in [5.74, 6) is -1.51. The Morgan fingerprint density at radius 3 is 2.52 bits per heavy atom. The molecule has 0 aromatic heterocycles. The molecule has 0 radical (unpaired) electrons. The van der Waals surface area contributed by atoms with Gasteiger partial charge in [0.2, 0.25) is 0 Å². The highest BCUT2D eigenvalue weighted by Crippen LogP contribution is 2.09. The largest absolute Gasteiger partial charge is 0.481 e. The summed E-state index contributed by atoms with van der Waals surface area (Å²) < 4.78 is 5.11. The number of rotatable bonds is 7. The molecule has 21 heavy (non-hydrogen) atoms. The molecule has 2 N–H and O–H groups in total. The summed E-state index contributed by atoms with van der Waals surface area (Å²) in [4.78, 5) is 24.1. The van der Waals surface area contributed by atoms with E-state index >= 15 is 0 Å². The number of aliphatic carboxylic acids is 1. The quantitative estimate of drug-likeness (QED) is 0.802. The second-order valence-electron chi connectivity index (χ2n) is 4.98. The minimum atomic E-state index is -0.917. The van der Waals surface area contributed by atoms with E-state index in [1.165, 1.54) is 4.90 Å². The van der Waals surface area contributed by atoms with E-state index in [1.54, 1.807) is 21.1 Å². The normalized spacial score (nSPS) is 11.8. The molecule has 0 fully saturated rings. The van der Waals surface area contributed by atoms with Crippen molar-refractivity contribution in [2.45, 2.75) is 20.1 Å². The van der Waals surface area contributed by atoms with Gasteiger partial charge in [-0.1, -0.05) is 31.2 Å². The lowest BCUT2D eigenvalue weighted by molar-refractivity contribution is -0.141. The zero-order valence-corrected chi connectivity index (χ0v) is 12.6. The molecule has 0 saturated heterocycles. The van der Waals surface area contributed by atoms with Crippen LogP contribution in [0.15, 0.2) is 24.3 Å². The Labute approximate surface area is 124 Å². The van der Waals surface area contributed by atoms with Crippen LogP contribution in [0.4, 0.5) is 4.79 Å². The second kappa shape index (κ2) is 8.26. The molecule has 0 saturated carbocycles. The second-order valence-corrected chi connectivity index (χ2v) is 4.98. The number of amides is 2. The van der Waals surface area contributed by atoms with Crippen molar-refractivity contribution in [2.75, 3.05) is 20.7 Å². The lowest BCUT2D eigenvalue weighted by Crippen LogP contribution is -2.40. The van der Waals surface area contributed by atoms with E-state index in [0.717, 1.165) is 11.1 Å². The molecule has 6 nitrogen and oxygen atoms in total.